The van der Waals surface area contributed by atoms with Gasteiger partial charge in [-0.3, -0.25) is 28.8 Å². The monoisotopic (exact) mass is 1070 g/mol. The Morgan fingerprint density at radius 1 is 0.716 bits per heavy atom. The SMILES string of the molecule is Cc1nn(-c2ccccc2)c(=O)[c-]1N=Nc1cc([N+](=O)[O-])cc(S(=O)(=O)O)c1O.O=S(=O)(O)c1ccc(N=Nc2ccc(O)c(C=Nc3cc(Cl)cc(S(=O)(=O)O)c3O)c2)cc1.[Cr].[Na+].[Na+].[Na+].[Na+]. The van der Waals surface area contributed by atoms with Crippen LogP contribution in [0.25, 0.3) is 5.69 Å². The Balaban J connectivity index is 0.00000122. The zero-order valence-corrected chi connectivity index (χ0v) is 47.7. The first kappa shape index (κ1) is 64.3. The van der Waals surface area contributed by atoms with E-state index in [0.29, 0.717) is 11.8 Å². The molecular formula is C35H26ClCrN8Na4O15S3+3. The molecule has 0 unspecified atom stereocenters. The third-order valence-electron chi connectivity index (χ3n) is 7.84. The van der Waals surface area contributed by atoms with Gasteiger partial charge in [-0.1, -0.05) is 42.4 Å². The van der Waals surface area contributed by atoms with Crippen molar-refractivity contribution in [1.29, 1.82) is 0 Å². The molecule has 0 aliphatic carbocycles. The number of para-hydroxylation sites is 1. The molecule has 0 radical (unpaired) electrons. The third-order valence-corrected chi connectivity index (χ3v) is 10.7. The van der Waals surface area contributed by atoms with E-state index in [1.54, 1.807) is 30.3 Å². The quantitative estimate of drug-likeness (QED) is 0.0135. The average molecular weight is 1070 g/mol. The number of hydrogen-bond acceptors (Lipinski definition) is 18. The second kappa shape index (κ2) is 27.1. The number of nitrogens with zero attached hydrogens (tertiary/aromatic N) is 8. The number of benzene rings is 5. The molecule has 0 saturated heterocycles. The van der Waals surface area contributed by atoms with Crippen LogP contribution in [0.15, 0.2) is 142 Å². The molecule has 0 atom stereocenters. The topological polar surface area (TPSA) is 364 Å². The van der Waals surface area contributed by atoms with Gasteiger partial charge in [0.1, 0.15) is 32.5 Å². The fourth-order valence-corrected chi connectivity index (χ4v) is 6.92. The smallest absolute Gasteiger partial charge is 0.507 e. The molecule has 0 bridgehead atoms. The number of hydrogen-bond donors (Lipinski definition) is 6. The molecule has 0 fully saturated rings. The van der Waals surface area contributed by atoms with Crippen molar-refractivity contribution < 1.29 is 195 Å². The van der Waals surface area contributed by atoms with Gasteiger partial charge in [0.15, 0.2) is 11.5 Å². The molecule has 6 N–H and O–H groups in total. The van der Waals surface area contributed by atoms with Crippen LogP contribution in [0.1, 0.15) is 11.3 Å². The van der Waals surface area contributed by atoms with Crippen LogP contribution in [0.3, 0.4) is 0 Å². The van der Waals surface area contributed by atoms with Gasteiger partial charge in [0.05, 0.1) is 26.9 Å². The summed E-state index contributed by atoms with van der Waals surface area (Å²) >= 11 is 5.82. The predicted octanol–water partition coefficient (Wildman–Crippen LogP) is -5.04. The summed E-state index contributed by atoms with van der Waals surface area (Å²) in [6.45, 7) is 1.48. The van der Waals surface area contributed by atoms with Crippen LogP contribution in [0.2, 0.25) is 5.02 Å². The van der Waals surface area contributed by atoms with Crippen molar-refractivity contribution in [2.45, 2.75) is 21.6 Å². The summed E-state index contributed by atoms with van der Waals surface area (Å²) in [5.74, 6) is -2.10. The van der Waals surface area contributed by atoms with Crippen LogP contribution in [0, 0.1) is 17.0 Å². The fourth-order valence-electron chi connectivity index (χ4n) is 4.92. The second-order valence-electron chi connectivity index (χ2n) is 12.1. The Labute approximate surface area is 484 Å². The zero-order chi connectivity index (χ0) is 45.7. The largest absolute Gasteiger partial charge is 1.00 e. The second-order valence-corrected chi connectivity index (χ2v) is 16.8. The molecule has 0 saturated carbocycles. The Bertz CT molecular complexity index is 3240. The van der Waals surface area contributed by atoms with Crippen LogP contribution in [-0.4, -0.2) is 75.1 Å². The molecule has 0 amide bonds. The van der Waals surface area contributed by atoms with Crippen LogP contribution in [0.5, 0.6) is 17.2 Å². The van der Waals surface area contributed by atoms with Gasteiger partial charge in [0, 0.05) is 46.3 Å². The molecule has 0 aliphatic rings. The normalized spacial score (nSPS) is 11.3. The van der Waals surface area contributed by atoms with Crippen molar-refractivity contribution in [1.82, 2.24) is 9.78 Å². The van der Waals surface area contributed by atoms with E-state index in [9.17, 15) is 60.0 Å². The van der Waals surface area contributed by atoms with E-state index in [4.69, 9.17) is 20.7 Å². The molecule has 6 rings (SSSR count). The number of rotatable bonds is 11. The Morgan fingerprint density at radius 2 is 1.25 bits per heavy atom. The average Bonchev–Trinajstić information content (AvgIpc) is 3.48. The van der Waals surface area contributed by atoms with Crippen molar-refractivity contribution in [3.05, 3.63) is 134 Å². The molecular weight excluding hydrogens is 1050 g/mol. The maximum absolute atomic E-state index is 12.5. The van der Waals surface area contributed by atoms with Crippen molar-refractivity contribution in [3.8, 4) is 22.9 Å². The van der Waals surface area contributed by atoms with Crippen molar-refractivity contribution in [2.75, 3.05) is 0 Å². The van der Waals surface area contributed by atoms with E-state index >= 15 is 0 Å². The first-order valence-electron chi connectivity index (χ1n) is 16.5. The Morgan fingerprint density at radius 3 is 1.81 bits per heavy atom. The van der Waals surface area contributed by atoms with Gasteiger partial charge in [-0.15, -0.1) is 5.69 Å². The molecule has 0 spiro atoms. The zero-order valence-electron chi connectivity index (χ0n) is 35.3. The van der Waals surface area contributed by atoms with Gasteiger partial charge in [0.2, 0.25) is 0 Å². The van der Waals surface area contributed by atoms with Gasteiger partial charge in [-0.2, -0.15) is 40.6 Å². The first-order valence-corrected chi connectivity index (χ1v) is 21.2. The third kappa shape index (κ3) is 17.3. The van der Waals surface area contributed by atoms with E-state index in [1.807, 2.05) is 0 Å². The van der Waals surface area contributed by atoms with Gasteiger partial charge < -0.3 is 25.2 Å². The minimum Gasteiger partial charge on any atom is -0.507 e. The Kier molecular flexibility index (Phi) is 26.0. The maximum atomic E-state index is 12.5. The summed E-state index contributed by atoms with van der Waals surface area (Å²) in [7, 11) is -14.1. The van der Waals surface area contributed by atoms with E-state index in [2.05, 4.69) is 30.5 Å². The van der Waals surface area contributed by atoms with Crippen molar-refractivity contribution in [2.24, 2.45) is 25.4 Å². The minimum absolute atomic E-state index is 0. The minimum atomic E-state index is -4.98. The number of non-ortho nitro benzene ring substituents is 1. The summed E-state index contributed by atoms with van der Waals surface area (Å²) in [5, 5.41) is 60.2. The number of aromatic nitrogens is 2. The summed E-state index contributed by atoms with van der Waals surface area (Å²) < 4.78 is 96.0. The van der Waals surface area contributed by atoms with Crippen LogP contribution in [-0.2, 0) is 47.7 Å². The van der Waals surface area contributed by atoms with Gasteiger partial charge >= 0.3 is 118 Å². The fraction of sp³-hybridized carbons (Fsp3) is 0.0286. The maximum Gasteiger partial charge on any atom is 1.00 e. The Hall–Kier alpha value is -2.67. The molecule has 1 aromatic heterocycles. The van der Waals surface area contributed by atoms with Gasteiger partial charge in [0.25, 0.3) is 36.0 Å². The number of nitro benzene ring substituents is 1. The number of nitro groups is 1. The van der Waals surface area contributed by atoms with Gasteiger partial charge in [-0.05, 0) is 66.7 Å². The summed E-state index contributed by atoms with van der Waals surface area (Å²) in [4.78, 5) is 24.3. The number of aromatic hydroxyl groups is 3. The van der Waals surface area contributed by atoms with E-state index in [-0.39, 0.29) is 185 Å². The van der Waals surface area contributed by atoms with E-state index < -0.39 is 73.5 Å². The molecule has 6 aromatic rings. The first-order chi connectivity index (χ1) is 28.9. The van der Waals surface area contributed by atoms with Crippen LogP contribution in [0.4, 0.5) is 34.1 Å². The molecule has 0 aliphatic heterocycles. The number of azo groups is 2. The molecule has 1 heterocycles. The summed E-state index contributed by atoms with van der Waals surface area (Å²) in [5.41, 5.74) is -1.20. The number of halogens is 1. The van der Waals surface area contributed by atoms with Crippen molar-refractivity contribution >= 4 is 82.3 Å². The standard InChI is InChI=1S/C19H14ClN3O8S2.C16H12N5O7S.Cr.4Na/c20-12-8-16(19(25)18(9-12)33(29,30)31)21-10-11-7-14(3-6-17(11)24)23-22-13-1-4-15(5-2-13)32(26,27)28;1-9-14(16(23)20(19-9)10-5-3-2-4-6-10)18-17-12-7-11(21(24)25)8-13(15(12)22)29(26,27)28;;;;;/h1-10,24-25H,(H,26,27,28)(H,29,30,31);2-8,22H,1H3,(H,26,27,28);;;;;/q;-1;;4*+1. The number of phenols is 3. The number of aliphatic imine (C=N–C) groups is 1. The van der Waals surface area contributed by atoms with Crippen LogP contribution >= 0.6 is 11.6 Å². The van der Waals surface area contributed by atoms with Crippen LogP contribution < -0.4 is 124 Å². The molecule has 328 valence electrons. The summed E-state index contributed by atoms with van der Waals surface area (Å²) in [6, 6.07) is 20.7. The van der Waals surface area contributed by atoms with Gasteiger partial charge in [-0.25, -0.2) is 9.78 Å². The number of aryl methyl sites for hydroxylation is 1. The predicted molar refractivity (Wildman–Crippen MR) is 218 cm³/mol. The molecule has 5 aromatic carbocycles. The van der Waals surface area contributed by atoms with Crippen molar-refractivity contribution in [3.63, 3.8) is 0 Å². The molecule has 23 nitrogen and oxygen atoms in total. The van der Waals surface area contributed by atoms with E-state index in [0.717, 1.165) is 41.2 Å². The molecule has 67 heavy (non-hydrogen) atoms. The van der Waals surface area contributed by atoms with E-state index in [1.165, 1.54) is 37.3 Å². The molecule has 32 heteroatoms. The number of phenolic OH excluding ortho intramolecular Hbond substituents is 3. The summed E-state index contributed by atoms with van der Waals surface area (Å²) in [6.07, 6.45) is 1.11.